The van der Waals surface area contributed by atoms with Crippen LogP contribution in [0.2, 0.25) is 0 Å². The van der Waals surface area contributed by atoms with Gasteiger partial charge in [-0.05, 0) is 69.2 Å². The Bertz CT molecular complexity index is 1910. The normalized spacial score (nSPS) is 12.1. The summed E-state index contributed by atoms with van der Waals surface area (Å²) in [5, 5.41) is 7.53. The molecule has 2 aromatic carbocycles. The van der Waals surface area contributed by atoms with Crippen LogP contribution < -0.4 is 31.0 Å². The molecule has 0 bridgehead atoms. The summed E-state index contributed by atoms with van der Waals surface area (Å²) in [4.78, 5) is 50.7. The van der Waals surface area contributed by atoms with Crippen molar-refractivity contribution >= 4 is 39.3 Å². The van der Waals surface area contributed by atoms with Crippen molar-refractivity contribution < 1.29 is 37.0 Å². The molecule has 4 aromatic rings. The van der Waals surface area contributed by atoms with Crippen molar-refractivity contribution in [1.82, 2.24) is 19.8 Å². The van der Waals surface area contributed by atoms with Gasteiger partial charge in [0, 0.05) is 18.6 Å². The third kappa shape index (κ3) is 11.4. The molecule has 4 rings (SSSR count). The van der Waals surface area contributed by atoms with E-state index in [2.05, 4.69) is 20.7 Å². The molecule has 1 unspecified atom stereocenters. The summed E-state index contributed by atoms with van der Waals surface area (Å²) in [5.74, 6) is -0.516. The molecule has 0 aliphatic carbocycles. The Labute approximate surface area is 283 Å². The monoisotopic (exact) mass is 693 g/mol. The Kier molecular flexibility index (Phi) is 12.4. The van der Waals surface area contributed by atoms with Gasteiger partial charge < -0.3 is 30.2 Å². The van der Waals surface area contributed by atoms with Gasteiger partial charge >= 0.3 is 18.1 Å². The summed E-state index contributed by atoms with van der Waals surface area (Å²) in [6, 6.07) is 20.8. The molecule has 0 spiro atoms. The number of amides is 3. The van der Waals surface area contributed by atoms with Crippen LogP contribution in [0.3, 0.4) is 0 Å². The van der Waals surface area contributed by atoms with E-state index in [-0.39, 0.29) is 23.8 Å². The van der Waals surface area contributed by atoms with E-state index in [0.29, 0.717) is 24.2 Å². The minimum atomic E-state index is -4.14. The Morgan fingerprint density at radius 1 is 0.878 bits per heavy atom. The Morgan fingerprint density at radius 3 is 2.24 bits per heavy atom. The molecule has 0 fully saturated rings. The van der Waals surface area contributed by atoms with E-state index in [9.17, 15) is 27.6 Å². The summed E-state index contributed by atoms with van der Waals surface area (Å²) in [5.41, 5.74) is -0.154. The number of nitrogens with zero attached hydrogens (tertiary/aromatic N) is 1. The topological polar surface area (TPSA) is 183 Å². The highest BCUT2D eigenvalue weighted by Crippen LogP contribution is 2.15. The van der Waals surface area contributed by atoms with Crippen LogP contribution in [0.15, 0.2) is 101 Å². The van der Waals surface area contributed by atoms with Gasteiger partial charge in [0.05, 0.1) is 17.7 Å². The van der Waals surface area contributed by atoms with Gasteiger partial charge in [0.1, 0.15) is 29.7 Å². The molecule has 0 saturated heterocycles. The summed E-state index contributed by atoms with van der Waals surface area (Å²) in [6.45, 7) is 5.12. The van der Waals surface area contributed by atoms with Gasteiger partial charge in [0.15, 0.2) is 0 Å². The number of fused-ring (bicyclic) bond motifs is 1. The second kappa shape index (κ2) is 16.6. The first kappa shape index (κ1) is 36.4. The van der Waals surface area contributed by atoms with E-state index in [0.717, 1.165) is 5.56 Å². The van der Waals surface area contributed by atoms with Crippen molar-refractivity contribution in [2.75, 3.05) is 25.0 Å². The molecule has 0 aliphatic heterocycles. The van der Waals surface area contributed by atoms with Crippen LogP contribution in [0.25, 0.3) is 5.52 Å². The molecular formula is C34H39N5O9S. The molecular weight excluding hydrogens is 654 g/mol. The number of pyridine rings is 2. The molecule has 1 atom stereocenters. The fraction of sp³-hybridized carbons (Fsp3) is 0.294. The summed E-state index contributed by atoms with van der Waals surface area (Å²) in [6.07, 6.45) is 1.40. The number of rotatable bonds is 14. The van der Waals surface area contributed by atoms with Crippen molar-refractivity contribution in [3.63, 3.8) is 0 Å². The number of hydrogen-bond donors (Lipinski definition) is 4. The maximum absolute atomic E-state index is 13.2. The second-order valence-corrected chi connectivity index (χ2v) is 13.5. The van der Waals surface area contributed by atoms with Crippen LogP contribution in [-0.4, -0.2) is 62.3 Å². The van der Waals surface area contributed by atoms with Crippen LogP contribution >= 0.6 is 0 Å². The van der Waals surface area contributed by atoms with Crippen molar-refractivity contribution in [2.24, 2.45) is 0 Å². The highest BCUT2D eigenvalue weighted by Gasteiger charge is 2.30. The number of sulfonamides is 1. The van der Waals surface area contributed by atoms with E-state index >= 15 is 0 Å². The molecule has 260 valence electrons. The molecule has 0 radical (unpaired) electrons. The van der Waals surface area contributed by atoms with Gasteiger partial charge in [0.2, 0.25) is 10.0 Å². The van der Waals surface area contributed by atoms with E-state index < -0.39 is 51.9 Å². The van der Waals surface area contributed by atoms with Crippen LogP contribution in [0.5, 0.6) is 5.75 Å². The fourth-order valence-electron chi connectivity index (χ4n) is 4.34. The molecule has 0 aliphatic rings. The summed E-state index contributed by atoms with van der Waals surface area (Å²) < 4.78 is 45.7. The first-order valence-corrected chi connectivity index (χ1v) is 16.9. The zero-order valence-corrected chi connectivity index (χ0v) is 28.1. The van der Waals surface area contributed by atoms with Gasteiger partial charge in [0.25, 0.3) is 5.56 Å². The van der Waals surface area contributed by atoms with Gasteiger partial charge in [-0.15, -0.1) is 0 Å². The van der Waals surface area contributed by atoms with Crippen LogP contribution in [0.4, 0.5) is 15.3 Å². The molecule has 14 nitrogen and oxygen atoms in total. The molecule has 0 saturated carbocycles. The third-order valence-corrected chi connectivity index (χ3v) is 8.14. The molecule has 4 N–H and O–H groups in total. The number of carbonyl (C=O) groups excluding carboxylic acids is 3. The van der Waals surface area contributed by atoms with Gasteiger partial charge in [-0.3, -0.25) is 14.0 Å². The average molecular weight is 694 g/mol. The fourth-order valence-corrected chi connectivity index (χ4v) is 5.55. The number of esters is 1. The van der Waals surface area contributed by atoms with Gasteiger partial charge in [-0.25, -0.2) is 18.0 Å². The van der Waals surface area contributed by atoms with E-state index in [1.807, 2.05) is 30.3 Å². The smallest absolute Gasteiger partial charge is 0.407 e. The first-order chi connectivity index (χ1) is 23.3. The van der Waals surface area contributed by atoms with E-state index in [4.69, 9.17) is 14.2 Å². The number of anilines is 1. The maximum atomic E-state index is 13.2. The lowest BCUT2D eigenvalue weighted by Gasteiger charge is -2.24. The van der Waals surface area contributed by atoms with Crippen molar-refractivity contribution in [2.45, 2.75) is 50.3 Å². The predicted octanol–water partition coefficient (Wildman–Crippen LogP) is 3.81. The summed E-state index contributed by atoms with van der Waals surface area (Å²) >= 11 is 0. The SMILES string of the molecule is CC(C)(C)OC(=O)C(CNC(=O)Nc1ccc2ccc(OCCCNC(=O)OCc3ccccc3)cn2c1=O)NS(=O)(=O)c1ccccc1. The average Bonchev–Trinajstić information content (AvgIpc) is 3.07. The third-order valence-electron chi connectivity index (χ3n) is 6.65. The number of aromatic nitrogens is 1. The molecule has 2 aromatic heterocycles. The number of ether oxygens (including phenoxy) is 3. The zero-order chi connectivity index (χ0) is 35.4. The number of urea groups is 1. The number of benzene rings is 2. The minimum Gasteiger partial charge on any atom is -0.492 e. The Hall–Kier alpha value is -5.41. The number of hydrogen-bond acceptors (Lipinski definition) is 9. The predicted molar refractivity (Wildman–Crippen MR) is 182 cm³/mol. The van der Waals surface area contributed by atoms with Crippen LogP contribution in [-0.2, 0) is 30.9 Å². The first-order valence-electron chi connectivity index (χ1n) is 15.4. The lowest BCUT2D eigenvalue weighted by atomic mass is 10.2. The highest BCUT2D eigenvalue weighted by molar-refractivity contribution is 7.89. The quantitative estimate of drug-likeness (QED) is 0.113. The van der Waals surface area contributed by atoms with Crippen molar-refractivity contribution in [3.8, 4) is 5.75 Å². The second-order valence-electron chi connectivity index (χ2n) is 11.8. The van der Waals surface area contributed by atoms with Gasteiger partial charge in [-0.1, -0.05) is 48.5 Å². The highest BCUT2D eigenvalue weighted by atomic mass is 32.2. The molecule has 3 amide bonds. The largest absolute Gasteiger partial charge is 0.492 e. The summed E-state index contributed by atoms with van der Waals surface area (Å²) in [7, 11) is -4.14. The van der Waals surface area contributed by atoms with Crippen LogP contribution in [0.1, 0.15) is 32.8 Å². The van der Waals surface area contributed by atoms with Crippen molar-refractivity contribution in [1.29, 1.82) is 0 Å². The maximum Gasteiger partial charge on any atom is 0.407 e. The Morgan fingerprint density at radius 2 is 1.55 bits per heavy atom. The van der Waals surface area contributed by atoms with Crippen LogP contribution in [0, 0.1) is 0 Å². The van der Waals surface area contributed by atoms with E-state index in [1.165, 1.54) is 40.9 Å². The van der Waals surface area contributed by atoms with Gasteiger partial charge in [-0.2, -0.15) is 4.72 Å². The standard InChI is InChI=1S/C34H39N5O9S/c1-34(2,3)48-31(41)29(38-49(44,45)27-13-8-5-9-14-27)21-36-32(42)37-28-18-16-25-15-17-26(22-39(25)30(28)40)46-20-10-19-35-33(43)47-23-24-11-6-4-7-12-24/h4-9,11-18,22,29,38H,10,19-21,23H2,1-3H3,(H,35,43)(H2,36,37,42). The van der Waals surface area contributed by atoms with E-state index in [1.54, 1.807) is 45.0 Å². The zero-order valence-electron chi connectivity index (χ0n) is 27.3. The molecule has 2 heterocycles. The Balaban J connectivity index is 1.32. The minimum absolute atomic E-state index is 0.0727. The lowest BCUT2D eigenvalue weighted by molar-refractivity contribution is -0.156. The molecule has 15 heteroatoms. The number of alkyl carbamates (subject to hydrolysis) is 1. The lowest BCUT2D eigenvalue weighted by Crippen LogP contribution is -2.51. The number of carbonyl (C=O) groups is 3. The molecule has 49 heavy (non-hydrogen) atoms. The van der Waals surface area contributed by atoms with Crippen molar-refractivity contribution in [3.05, 3.63) is 107 Å². The number of nitrogens with one attached hydrogen (secondary N) is 4.